The van der Waals surface area contributed by atoms with Crippen LogP contribution in [0.2, 0.25) is 0 Å². The van der Waals surface area contributed by atoms with Crippen molar-refractivity contribution in [2.24, 2.45) is 18.9 Å². The van der Waals surface area contributed by atoms with Crippen LogP contribution < -0.4 is 10.6 Å². The summed E-state index contributed by atoms with van der Waals surface area (Å²) >= 11 is 0. The van der Waals surface area contributed by atoms with E-state index in [1.807, 2.05) is 13.2 Å². The first kappa shape index (κ1) is 11.1. The van der Waals surface area contributed by atoms with Crippen LogP contribution in [0.1, 0.15) is 13.3 Å². The number of piperidine rings is 1. The first-order valence-electron chi connectivity index (χ1n) is 5.66. The van der Waals surface area contributed by atoms with Gasteiger partial charge in [-0.3, -0.25) is 9.48 Å². The molecule has 1 aromatic rings. The van der Waals surface area contributed by atoms with Crippen molar-refractivity contribution in [1.82, 2.24) is 15.1 Å². The van der Waals surface area contributed by atoms with Crippen molar-refractivity contribution in [2.45, 2.75) is 13.3 Å². The zero-order chi connectivity index (χ0) is 11.5. The highest BCUT2D eigenvalue weighted by molar-refractivity contribution is 5.91. The highest BCUT2D eigenvalue weighted by Crippen LogP contribution is 2.17. The number of rotatable bonds is 2. The number of aromatic nitrogens is 2. The van der Waals surface area contributed by atoms with E-state index < -0.39 is 0 Å². The van der Waals surface area contributed by atoms with Crippen LogP contribution in [0.3, 0.4) is 0 Å². The average molecular weight is 222 g/mol. The number of aryl methyl sites for hydroxylation is 1. The van der Waals surface area contributed by atoms with Gasteiger partial charge in [0.05, 0.1) is 5.92 Å². The third-order valence-electron chi connectivity index (χ3n) is 2.91. The molecule has 0 saturated carbocycles. The summed E-state index contributed by atoms with van der Waals surface area (Å²) in [5, 5.41) is 10.2. The van der Waals surface area contributed by atoms with Gasteiger partial charge >= 0.3 is 0 Å². The second kappa shape index (κ2) is 4.65. The highest BCUT2D eigenvalue weighted by Gasteiger charge is 2.25. The molecule has 1 aliphatic heterocycles. The number of carbonyl (C=O) groups is 1. The zero-order valence-corrected chi connectivity index (χ0v) is 9.73. The van der Waals surface area contributed by atoms with Gasteiger partial charge in [0, 0.05) is 25.9 Å². The van der Waals surface area contributed by atoms with Crippen LogP contribution in [0.5, 0.6) is 0 Å². The molecule has 1 aliphatic rings. The molecule has 16 heavy (non-hydrogen) atoms. The van der Waals surface area contributed by atoms with E-state index >= 15 is 0 Å². The van der Waals surface area contributed by atoms with Crippen molar-refractivity contribution in [2.75, 3.05) is 18.4 Å². The largest absolute Gasteiger partial charge is 0.316 e. The molecule has 0 spiro atoms. The number of amides is 1. The molecule has 2 unspecified atom stereocenters. The number of nitrogens with one attached hydrogen (secondary N) is 2. The molecule has 2 atom stereocenters. The first-order chi connectivity index (χ1) is 7.65. The van der Waals surface area contributed by atoms with Gasteiger partial charge in [0.15, 0.2) is 5.82 Å². The predicted octanol–water partition coefficient (Wildman–Crippen LogP) is 0.604. The molecule has 2 rings (SSSR count). The maximum absolute atomic E-state index is 11.9. The summed E-state index contributed by atoms with van der Waals surface area (Å²) < 4.78 is 1.68. The number of nitrogens with zero attached hydrogens (tertiary/aromatic N) is 2. The molecule has 2 N–H and O–H groups in total. The average Bonchev–Trinajstić information content (AvgIpc) is 2.64. The lowest BCUT2D eigenvalue weighted by atomic mass is 9.91. The van der Waals surface area contributed by atoms with Gasteiger partial charge in [0.1, 0.15) is 0 Å². The topological polar surface area (TPSA) is 59.0 Å². The molecule has 0 bridgehead atoms. The molecule has 1 fully saturated rings. The third-order valence-corrected chi connectivity index (χ3v) is 2.91. The minimum absolute atomic E-state index is 0.0609. The van der Waals surface area contributed by atoms with Crippen LogP contribution in [0, 0.1) is 11.8 Å². The molecule has 1 saturated heterocycles. The second-order valence-electron chi connectivity index (χ2n) is 4.56. The van der Waals surface area contributed by atoms with Crippen LogP contribution in [0.15, 0.2) is 12.3 Å². The molecule has 0 radical (unpaired) electrons. The molecule has 5 heteroatoms. The van der Waals surface area contributed by atoms with E-state index in [-0.39, 0.29) is 11.8 Å². The molecule has 0 aliphatic carbocycles. The summed E-state index contributed by atoms with van der Waals surface area (Å²) in [6, 6.07) is 1.80. The van der Waals surface area contributed by atoms with Gasteiger partial charge in [-0.1, -0.05) is 6.92 Å². The maximum atomic E-state index is 11.9. The standard InChI is InChI=1S/C11H18N4O/c1-8-5-9(7-12-6-8)11(16)13-10-3-4-15(2)14-10/h3-4,8-9,12H,5-7H2,1-2H3,(H,13,14,16). The van der Waals surface area contributed by atoms with E-state index in [0.29, 0.717) is 11.7 Å². The Bertz CT molecular complexity index is 374. The Kier molecular flexibility index (Phi) is 3.24. The molecule has 88 valence electrons. The Hall–Kier alpha value is -1.36. The fourth-order valence-corrected chi connectivity index (χ4v) is 2.07. The maximum Gasteiger partial charge on any atom is 0.229 e. The van der Waals surface area contributed by atoms with Crippen molar-refractivity contribution in [3.63, 3.8) is 0 Å². The molecule has 5 nitrogen and oxygen atoms in total. The summed E-state index contributed by atoms with van der Waals surface area (Å²) in [6.07, 6.45) is 2.77. The zero-order valence-electron chi connectivity index (χ0n) is 9.73. The van der Waals surface area contributed by atoms with Crippen molar-refractivity contribution >= 4 is 11.7 Å². The van der Waals surface area contributed by atoms with E-state index in [4.69, 9.17) is 0 Å². The predicted molar refractivity (Wildman–Crippen MR) is 62.0 cm³/mol. The van der Waals surface area contributed by atoms with Gasteiger partial charge in [-0.15, -0.1) is 0 Å². The summed E-state index contributed by atoms with van der Waals surface area (Å²) in [5.41, 5.74) is 0. The van der Waals surface area contributed by atoms with Gasteiger partial charge in [-0.2, -0.15) is 5.10 Å². The minimum Gasteiger partial charge on any atom is -0.316 e. The lowest BCUT2D eigenvalue weighted by molar-refractivity contribution is -0.120. The van der Waals surface area contributed by atoms with E-state index in [2.05, 4.69) is 22.7 Å². The lowest BCUT2D eigenvalue weighted by Gasteiger charge is -2.26. The molecular weight excluding hydrogens is 204 g/mol. The summed E-state index contributed by atoms with van der Waals surface area (Å²) in [4.78, 5) is 11.9. The molecular formula is C11H18N4O. The first-order valence-corrected chi connectivity index (χ1v) is 5.66. The van der Waals surface area contributed by atoms with E-state index in [0.717, 1.165) is 19.5 Å². The molecule has 1 amide bonds. The molecule has 2 heterocycles. The van der Waals surface area contributed by atoms with Crippen molar-refractivity contribution in [1.29, 1.82) is 0 Å². The quantitative estimate of drug-likeness (QED) is 0.770. The summed E-state index contributed by atoms with van der Waals surface area (Å²) in [7, 11) is 1.83. The van der Waals surface area contributed by atoms with Crippen LogP contribution >= 0.6 is 0 Å². The number of carbonyl (C=O) groups excluding carboxylic acids is 1. The Labute approximate surface area is 95.2 Å². The summed E-state index contributed by atoms with van der Waals surface area (Å²) in [6.45, 7) is 3.93. The van der Waals surface area contributed by atoms with Crippen molar-refractivity contribution < 1.29 is 4.79 Å². The fraction of sp³-hybridized carbons (Fsp3) is 0.636. The van der Waals surface area contributed by atoms with E-state index in [1.165, 1.54) is 0 Å². The van der Waals surface area contributed by atoms with Crippen LogP contribution in [-0.2, 0) is 11.8 Å². The van der Waals surface area contributed by atoms with Gasteiger partial charge in [-0.25, -0.2) is 0 Å². The van der Waals surface area contributed by atoms with Crippen molar-refractivity contribution in [3.05, 3.63) is 12.3 Å². The van der Waals surface area contributed by atoms with Crippen LogP contribution in [0.25, 0.3) is 0 Å². The van der Waals surface area contributed by atoms with Crippen LogP contribution in [-0.4, -0.2) is 28.8 Å². The lowest BCUT2D eigenvalue weighted by Crippen LogP contribution is -2.40. The number of anilines is 1. The van der Waals surface area contributed by atoms with Gasteiger partial charge in [-0.05, 0) is 18.9 Å². The highest BCUT2D eigenvalue weighted by atomic mass is 16.2. The minimum atomic E-state index is 0.0609. The smallest absolute Gasteiger partial charge is 0.229 e. The Balaban J connectivity index is 1.92. The number of hydrogen-bond donors (Lipinski definition) is 2. The second-order valence-corrected chi connectivity index (χ2v) is 4.56. The Morgan fingerprint density at radius 2 is 2.44 bits per heavy atom. The number of hydrogen-bond acceptors (Lipinski definition) is 3. The Morgan fingerprint density at radius 3 is 3.06 bits per heavy atom. The van der Waals surface area contributed by atoms with Gasteiger partial charge in [0.2, 0.25) is 5.91 Å². The van der Waals surface area contributed by atoms with Crippen molar-refractivity contribution in [3.8, 4) is 0 Å². The van der Waals surface area contributed by atoms with Gasteiger partial charge < -0.3 is 10.6 Å². The monoisotopic (exact) mass is 222 g/mol. The SMILES string of the molecule is CC1CNCC(C(=O)Nc2ccn(C)n2)C1. The molecule has 0 aromatic carbocycles. The van der Waals surface area contributed by atoms with Crippen LogP contribution in [0.4, 0.5) is 5.82 Å². The van der Waals surface area contributed by atoms with E-state index in [9.17, 15) is 4.79 Å². The fourth-order valence-electron chi connectivity index (χ4n) is 2.07. The third kappa shape index (κ3) is 2.61. The molecule has 1 aromatic heterocycles. The summed E-state index contributed by atoms with van der Waals surface area (Å²) in [5.74, 6) is 1.32. The Morgan fingerprint density at radius 1 is 1.62 bits per heavy atom. The normalized spacial score (nSPS) is 25.4. The van der Waals surface area contributed by atoms with Gasteiger partial charge in [0.25, 0.3) is 0 Å². The van der Waals surface area contributed by atoms with E-state index in [1.54, 1.807) is 10.7 Å².